The fourth-order valence-electron chi connectivity index (χ4n) is 6.75. The quantitative estimate of drug-likeness (QED) is 0.156. The minimum absolute atomic E-state index is 0.158. The molecule has 2 atom stereocenters. The molecule has 0 bridgehead atoms. The van der Waals surface area contributed by atoms with E-state index in [-0.39, 0.29) is 29.7 Å². The van der Waals surface area contributed by atoms with Gasteiger partial charge in [0.25, 0.3) is 5.91 Å². The minimum atomic E-state index is -4.45. The molecule has 1 aliphatic heterocycles. The number of likely N-dealkylation sites (tertiary alicyclic amines) is 1. The molecule has 0 spiro atoms. The molecule has 2 unspecified atom stereocenters. The maximum atomic E-state index is 13.1. The number of aromatic nitrogens is 5. The molecule has 1 saturated heterocycles. The highest BCUT2D eigenvalue weighted by molar-refractivity contribution is 6.76. The van der Waals surface area contributed by atoms with Gasteiger partial charge in [-0.05, 0) is 61.1 Å². The molecule has 6 rings (SSSR count). The zero-order valence-electron chi connectivity index (χ0n) is 25.6. The molecule has 1 amide bonds. The first-order valence-electron chi connectivity index (χ1n) is 15.1. The zero-order chi connectivity index (χ0) is 32.0. The second kappa shape index (κ2) is 11.7. The summed E-state index contributed by atoms with van der Waals surface area (Å²) in [5.41, 5.74) is 1.30. The van der Waals surface area contributed by atoms with E-state index < -0.39 is 25.4 Å². The molecule has 236 valence electrons. The molecule has 4 heterocycles. The summed E-state index contributed by atoms with van der Waals surface area (Å²) in [5.74, 6) is 0.0434. The molecule has 2 fully saturated rings. The maximum absolute atomic E-state index is 13.1. The van der Waals surface area contributed by atoms with Gasteiger partial charge in [0.1, 0.15) is 18.7 Å². The highest BCUT2D eigenvalue weighted by Crippen LogP contribution is 2.50. The third-order valence-electron chi connectivity index (χ3n) is 9.14. The Balaban J connectivity index is 1.16. The van der Waals surface area contributed by atoms with Crippen LogP contribution in [0.3, 0.4) is 0 Å². The molecule has 3 aromatic heterocycles. The first kappa shape index (κ1) is 31.0. The van der Waals surface area contributed by atoms with E-state index in [4.69, 9.17) is 9.84 Å². The number of rotatable bonds is 9. The first-order valence-corrected chi connectivity index (χ1v) is 18.8. The summed E-state index contributed by atoms with van der Waals surface area (Å²) in [7, 11) is -1.18. The number of amides is 1. The van der Waals surface area contributed by atoms with Crippen LogP contribution in [0.2, 0.25) is 25.7 Å². The summed E-state index contributed by atoms with van der Waals surface area (Å²) >= 11 is 0. The van der Waals surface area contributed by atoms with Gasteiger partial charge >= 0.3 is 6.18 Å². The van der Waals surface area contributed by atoms with Crippen LogP contribution >= 0.6 is 0 Å². The van der Waals surface area contributed by atoms with Crippen LogP contribution in [0.5, 0.6) is 0 Å². The second-order valence-electron chi connectivity index (χ2n) is 13.5. The van der Waals surface area contributed by atoms with Crippen LogP contribution in [0.15, 0.2) is 55.2 Å². The largest absolute Gasteiger partial charge is 0.416 e. The summed E-state index contributed by atoms with van der Waals surface area (Å²) in [5, 5.41) is 15.4. The van der Waals surface area contributed by atoms with Crippen LogP contribution in [0.1, 0.15) is 35.2 Å². The van der Waals surface area contributed by atoms with Crippen molar-refractivity contribution < 1.29 is 22.7 Å². The van der Waals surface area contributed by atoms with Crippen LogP contribution in [-0.4, -0.2) is 62.9 Å². The number of nitriles is 1. The van der Waals surface area contributed by atoms with Gasteiger partial charge in [-0.25, -0.2) is 9.97 Å². The average Bonchev–Trinajstić information content (AvgIpc) is 3.77. The topological polar surface area (TPSA) is 102 Å². The smallest absolute Gasteiger partial charge is 0.361 e. The maximum Gasteiger partial charge on any atom is 0.416 e. The van der Waals surface area contributed by atoms with Crippen molar-refractivity contribution in [3.05, 3.63) is 66.4 Å². The molecule has 0 radical (unpaired) electrons. The Morgan fingerprint density at radius 2 is 1.82 bits per heavy atom. The first-order chi connectivity index (χ1) is 21.4. The number of fused-ring (bicyclic) bond motifs is 2. The van der Waals surface area contributed by atoms with Gasteiger partial charge in [-0.15, -0.1) is 0 Å². The lowest BCUT2D eigenvalue weighted by Gasteiger charge is -2.30. The van der Waals surface area contributed by atoms with Gasteiger partial charge in [0.05, 0.1) is 35.5 Å². The van der Waals surface area contributed by atoms with Crippen molar-refractivity contribution in [1.29, 1.82) is 5.26 Å². The van der Waals surface area contributed by atoms with E-state index in [1.165, 1.54) is 12.1 Å². The number of carbonyl (C=O) groups is 1. The molecule has 1 aliphatic carbocycles. The molecule has 4 aromatic rings. The molecule has 1 saturated carbocycles. The van der Waals surface area contributed by atoms with Crippen molar-refractivity contribution >= 4 is 25.0 Å². The molecule has 9 nitrogen and oxygen atoms in total. The van der Waals surface area contributed by atoms with Crippen molar-refractivity contribution in [2.24, 2.45) is 11.8 Å². The molecule has 13 heteroatoms. The monoisotopic (exact) mass is 635 g/mol. The molecule has 1 aromatic carbocycles. The van der Waals surface area contributed by atoms with E-state index in [1.54, 1.807) is 17.4 Å². The second-order valence-corrected chi connectivity index (χ2v) is 19.2. The number of ether oxygens (including phenoxy) is 1. The number of benzene rings is 1. The Bertz CT molecular complexity index is 1720. The van der Waals surface area contributed by atoms with Gasteiger partial charge in [-0.1, -0.05) is 19.6 Å². The molecule has 2 aliphatic rings. The molecule has 45 heavy (non-hydrogen) atoms. The minimum Gasteiger partial charge on any atom is -0.361 e. The highest BCUT2D eigenvalue weighted by Gasteiger charge is 2.51. The van der Waals surface area contributed by atoms with E-state index in [2.05, 4.69) is 35.7 Å². The zero-order valence-corrected chi connectivity index (χ0v) is 26.6. The lowest BCUT2D eigenvalue weighted by molar-refractivity contribution is -0.137. The number of alkyl halides is 3. The van der Waals surface area contributed by atoms with Gasteiger partial charge in [0.2, 0.25) is 0 Å². The van der Waals surface area contributed by atoms with Crippen molar-refractivity contribution in [2.45, 2.75) is 63.4 Å². The van der Waals surface area contributed by atoms with Gasteiger partial charge in [0, 0.05) is 56.7 Å². The van der Waals surface area contributed by atoms with Gasteiger partial charge in [0.15, 0.2) is 0 Å². The SMILES string of the molecule is C[Si](C)(C)CCOCn1ccc2c(-c3cnn(C4(CC#N)CC5CN(C(=O)c6ccc(C(F)(F)F)cc6)CC5C4)c3)ncnc21. The number of nitrogens with zero attached hydrogens (tertiary/aromatic N) is 7. The summed E-state index contributed by atoms with van der Waals surface area (Å²) in [6.07, 6.45) is 4.40. The summed E-state index contributed by atoms with van der Waals surface area (Å²) < 4.78 is 48.7. The van der Waals surface area contributed by atoms with Crippen LogP contribution in [0.4, 0.5) is 13.2 Å². The molecular weight excluding hydrogens is 599 g/mol. The van der Waals surface area contributed by atoms with Crippen LogP contribution in [0.25, 0.3) is 22.3 Å². The predicted octanol–water partition coefficient (Wildman–Crippen LogP) is 6.42. The van der Waals surface area contributed by atoms with Gasteiger partial charge in [-0.3, -0.25) is 9.48 Å². The van der Waals surface area contributed by atoms with Crippen molar-refractivity contribution in [2.75, 3.05) is 19.7 Å². The number of carbonyl (C=O) groups excluding carboxylic acids is 1. The number of hydrogen-bond acceptors (Lipinski definition) is 6. The van der Waals surface area contributed by atoms with E-state index in [9.17, 15) is 23.2 Å². The van der Waals surface area contributed by atoms with Gasteiger partial charge < -0.3 is 14.2 Å². The van der Waals surface area contributed by atoms with Crippen LogP contribution < -0.4 is 0 Å². The standard InChI is InChI=1S/C32H36F3N7O2Si/c1-45(2,3)13-12-44-21-40-11-8-27-28(37-20-38-29(27)40)25-16-39-42(19-25)31(9-10-36)14-23-17-41(18-24(23)15-31)30(43)22-4-6-26(7-5-22)32(33,34)35/h4-8,11,16,19-20,23-24H,9,12-15,17-18,21H2,1-3H3. The number of hydrogen-bond donors (Lipinski definition) is 0. The Morgan fingerprint density at radius 3 is 2.47 bits per heavy atom. The summed E-state index contributed by atoms with van der Waals surface area (Å²) in [6, 6.07) is 9.80. The fraction of sp³-hybridized carbons (Fsp3) is 0.469. The molecule has 0 N–H and O–H groups in total. The van der Waals surface area contributed by atoms with Crippen molar-refractivity contribution in [1.82, 2.24) is 29.2 Å². The van der Waals surface area contributed by atoms with Crippen LogP contribution in [-0.2, 0) is 23.2 Å². The van der Waals surface area contributed by atoms with Crippen molar-refractivity contribution in [3.8, 4) is 17.3 Å². The van der Waals surface area contributed by atoms with E-state index in [1.807, 2.05) is 27.7 Å². The normalized spacial score (nSPS) is 21.8. The van der Waals surface area contributed by atoms with Crippen LogP contribution in [0, 0.1) is 23.2 Å². The van der Waals surface area contributed by atoms with E-state index in [0.29, 0.717) is 39.3 Å². The average molecular weight is 636 g/mol. The molecular formula is C32H36F3N7O2Si. The Hall–Kier alpha value is -4.02. The number of halogens is 3. The third-order valence-corrected chi connectivity index (χ3v) is 10.8. The third kappa shape index (κ3) is 6.26. The van der Waals surface area contributed by atoms with E-state index in [0.717, 1.165) is 40.5 Å². The Kier molecular flexibility index (Phi) is 8.07. The van der Waals surface area contributed by atoms with Crippen molar-refractivity contribution in [3.63, 3.8) is 0 Å². The Labute approximate surface area is 260 Å². The van der Waals surface area contributed by atoms with E-state index >= 15 is 0 Å². The Morgan fingerprint density at radius 1 is 1.11 bits per heavy atom. The summed E-state index contributed by atoms with van der Waals surface area (Å²) in [4.78, 5) is 23.9. The predicted molar refractivity (Wildman–Crippen MR) is 165 cm³/mol. The van der Waals surface area contributed by atoms with Gasteiger partial charge in [-0.2, -0.15) is 23.5 Å². The fourth-order valence-corrected chi connectivity index (χ4v) is 7.51. The lowest BCUT2D eigenvalue weighted by Crippen LogP contribution is -2.36. The lowest BCUT2D eigenvalue weighted by atomic mass is 9.92. The highest BCUT2D eigenvalue weighted by atomic mass is 28.3. The summed E-state index contributed by atoms with van der Waals surface area (Å²) in [6.45, 7) is 9.07.